The first-order valence-corrected chi connectivity index (χ1v) is 17.0. The summed E-state index contributed by atoms with van der Waals surface area (Å²) in [5, 5.41) is 27.7. The van der Waals surface area contributed by atoms with E-state index >= 15 is 0 Å². The van der Waals surface area contributed by atoms with E-state index in [0.717, 1.165) is 30.8 Å². The lowest BCUT2D eigenvalue weighted by molar-refractivity contribution is -0.132. The van der Waals surface area contributed by atoms with Crippen molar-refractivity contribution in [2.24, 2.45) is 5.92 Å². The van der Waals surface area contributed by atoms with Crippen LogP contribution < -0.4 is 31.2 Å². The number of thiazole rings is 1. The van der Waals surface area contributed by atoms with Crippen LogP contribution in [0.15, 0.2) is 30.6 Å². The van der Waals surface area contributed by atoms with Gasteiger partial charge in [0.2, 0.25) is 11.8 Å². The van der Waals surface area contributed by atoms with Gasteiger partial charge in [-0.2, -0.15) is 0 Å². The first-order chi connectivity index (χ1) is 23.0. The molecule has 4 bridgehead atoms. The van der Waals surface area contributed by atoms with E-state index in [1.807, 2.05) is 20.0 Å². The molecule has 4 rings (SSSR count). The van der Waals surface area contributed by atoms with Gasteiger partial charge in [0.1, 0.15) is 24.4 Å². The molecular weight excluding hydrogens is 638 g/mol. The molecular formula is C32H47N9O6S. The Kier molecular flexibility index (Phi) is 13.5. The zero-order chi connectivity index (χ0) is 34.6. The van der Waals surface area contributed by atoms with E-state index in [2.05, 4.69) is 36.1 Å². The molecule has 15 nitrogen and oxygen atoms in total. The van der Waals surface area contributed by atoms with Gasteiger partial charge in [-0.3, -0.25) is 24.0 Å². The molecule has 3 heterocycles. The molecule has 3 aromatic rings. The van der Waals surface area contributed by atoms with E-state index in [9.17, 15) is 19.5 Å². The van der Waals surface area contributed by atoms with Crippen LogP contribution >= 0.6 is 11.3 Å². The van der Waals surface area contributed by atoms with Gasteiger partial charge in [0, 0.05) is 42.8 Å². The average molecular weight is 686 g/mol. The number of nitrogens with zero attached hydrogens (tertiary/aromatic N) is 5. The van der Waals surface area contributed by atoms with Crippen molar-refractivity contribution >= 4 is 34.2 Å². The third-order valence-electron chi connectivity index (χ3n) is 7.79. The number of ether oxygens (including phenoxy) is 2. The Morgan fingerprint density at radius 1 is 1.10 bits per heavy atom. The number of aliphatic hydroxyl groups is 1. The summed E-state index contributed by atoms with van der Waals surface area (Å²) in [6.45, 7) is 8.67. The molecule has 0 saturated heterocycles. The van der Waals surface area contributed by atoms with Crippen LogP contribution in [0.2, 0.25) is 0 Å². The molecule has 16 heteroatoms. The predicted molar refractivity (Wildman–Crippen MR) is 180 cm³/mol. The molecule has 1 aliphatic rings. The molecule has 48 heavy (non-hydrogen) atoms. The number of rotatable bonds is 6. The second-order valence-electron chi connectivity index (χ2n) is 12.3. The lowest BCUT2D eigenvalue weighted by Gasteiger charge is -2.26. The van der Waals surface area contributed by atoms with Gasteiger partial charge in [0.15, 0.2) is 16.6 Å². The van der Waals surface area contributed by atoms with Crippen LogP contribution in [0, 0.1) is 5.92 Å². The highest BCUT2D eigenvalue weighted by Crippen LogP contribution is 2.29. The van der Waals surface area contributed by atoms with Crippen molar-refractivity contribution in [2.45, 2.75) is 84.3 Å². The molecule has 0 radical (unpaired) electrons. The Hall–Kier alpha value is -4.28. The lowest BCUT2D eigenvalue weighted by atomic mass is 10.0. The second-order valence-corrected chi connectivity index (χ2v) is 13.4. The van der Waals surface area contributed by atoms with Crippen molar-refractivity contribution in [3.05, 3.63) is 46.7 Å². The summed E-state index contributed by atoms with van der Waals surface area (Å²) in [6.07, 6.45) is 5.08. The van der Waals surface area contributed by atoms with Gasteiger partial charge >= 0.3 is 0 Å². The maximum Gasteiger partial charge on any atom is 0.252 e. The minimum Gasteiger partial charge on any atom is -0.493 e. The highest BCUT2D eigenvalue weighted by molar-refractivity contribution is 7.15. The third kappa shape index (κ3) is 10.9. The van der Waals surface area contributed by atoms with E-state index in [1.165, 1.54) is 25.4 Å². The van der Waals surface area contributed by atoms with Crippen LogP contribution in [0.25, 0.3) is 0 Å². The standard InChI is InChI=1S/C32H47N9O6S/c1-20(2)14-25-30(44)37-28(21(3)42)31(45)34-10-5-6-11-40(18-24-16-35-32(33)48-24)12-7-13-41-17-23(38-39-41)19-47-27-15-22(29(43)36-25)8-9-26(27)46-4/h8-9,15-17,20-21,25,28,42H,5-7,10-14,18-19H2,1-4H3,(H2,33,35)(H,34,45)(H,36,43)(H,37,44)/t21-,25-,28+/m1/s1. The number of carbonyl (C=O) groups is 3. The first kappa shape index (κ1) is 36.6. The van der Waals surface area contributed by atoms with E-state index in [1.54, 1.807) is 29.1 Å². The minimum atomic E-state index is -1.20. The number of nitrogen functional groups attached to an aromatic ring is 1. The Morgan fingerprint density at radius 3 is 2.60 bits per heavy atom. The van der Waals surface area contributed by atoms with Crippen molar-refractivity contribution in [3.8, 4) is 11.5 Å². The summed E-state index contributed by atoms with van der Waals surface area (Å²) in [7, 11) is 1.50. The van der Waals surface area contributed by atoms with E-state index in [-0.39, 0.29) is 18.1 Å². The Balaban J connectivity index is 1.56. The van der Waals surface area contributed by atoms with Crippen molar-refractivity contribution in [1.29, 1.82) is 0 Å². The fourth-order valence-electron chi connectivity index (χ4n) is 5.32. The maximum absolute atomic E-state index is 13.4. The number of aromatic nitrogens is 4. The van der Waals surface area contributed by atoms with Crippen molar-refractivity contribution in [3.63, 3.8) is 0 Å². The van der Waals surface area contributed by atoms with Crippen LogP contribution in [-0.4, -0.2) is 92.6 Å². The van der Waals surface area contributed by atoms with Crippen LogP contribution in [0.5, 0.6) is 11.5 Å². The number of anilines is 1. The fourth-order valence-corrected chi connectivity index (χ4v) is 6.05. The Morgan fingerprint density at radius 2 is 1.90 bits per heavy atom. The Labute approximate surface area is 284 Å². The van der Waals surface area contributed by atoms with Gasteiger partial charge in [-0.05, 0) is 63.3 Å². The number of aryl methyl sites for hydroxylation is 1. The molecule has 3 amide bonds. The van der Waals surface area contributed by atoms with Crippen molar-refractivity contribution < 1.29 is 29.0 Å². The zero-order valence-corrected chi connectivity index (χ0v) is 28.8. The first-order valence-electron chi connectivity index (χ1n) is 16.2. The Bertz CT molecular complexity index is 1510. The molecule has 1 aliphatic heterocycles. The van der Waals surface area contributed by atoms with Crippen LogP contribution in [0.3, 0.4) is 0 Å². The number of amides is 3. The van der Waals surface area contributed by atoms with Crippen molar-refractivity contribution in [1.82, 2.24) is 40.8 Å². The number of hydrogen-bond donors (Lipinski definition) is 5. The summed E-state index contributed by atoms with van der Waals surface area (Å²) in [4.78, 5) is 47.5. The molecule has 262 valence electrons. The van der Waals surface area contributed by atoms with Gasteiger partial charge < -0.3 is 36.3 Å². The minimum absolute atomic E-state index is 0.0443. The topological polar surface area (TPSA) is 199 Å². The quantitative estimate of drug-likeness (QED) is 0.253. The fraction of sp³-hybridized carbons (Fsp3) is 0.562. The third-order valence-corrected chi connectivity index (χ3v) is 8.60. The number of methoxy groups -OCH3 is 1. The van der Waals surface area contributed by atoms with Crippen molar-refractivity contribution in [2.75, 3.05) is 32.5 Å². The molecule has 6 N–H and O–H groups in total. The number of nitrogens with two attached hydrogens (primary N) is 1. The highest BCUT2D eigenvalue weighted by Gasteiger charge is 2.30. The van der Waals surface area contributed by atoms with Crippen LogP contribution in [0.4, 0.5) is 5.13 Å². The molecule has 2 aromatic heterocycles. The average Bonchev–Trinajstić information content (AvgIpc) is 3.68. The number of carbonyl (C=O) groups excluding carboxylic acids is 3. The summed E-state index contributed by atoms with van der Waals surface area (Å²) < 4.78 is 13.2. The molecule has 3 atom stereocenters. The number of fused-ring (bicyclic) bond motifs is 4. The predicted octanol–water partition coefficient (Wildman–Crippen LogP) is 1.72. The SMILES string of the molecule is COc1ccc2cc1OCc1cn(nn1)CCCN(Cc1cnc(N)s1)CCCCNC(=O)[C@H]([C@@H](C)O)NC(=O)[C@@H](CC(C)C)NC2=O. The summed E-state index contributed by atoms with van der Waals surface area (Å²) in [6, 6.07) is 2.57. The number of nitrogens with one attached hydrogen (secondary N) is 3. The van der Waals surface area contributed by atoms with Crippen LogP contribution in [0.1, 0.15) is 67.4 Å². The van der Waals surface area contributed by atoms with Crippen LogP contribution in [-0.2, 0) is 29.3 Å². The van der Waals surface area contributed by atoms with Gasteiger partial charge in [-0.15, -0.1) is 16.4 Å². The van der Waals surface area contributed by atoms with E-state index < -0.39 is 35.9 Å². The molecule has 0 unspecified atom stereocenters. The molecule has 1 aromatic carbocycles. The number of benzene rings is 1. The zero-order valence-electron chi connectivity index (χ0n) is 28.0. The van der Waals surface area contributed by atoms with Gasteiger partial charge in [0.05, 0.1) is 19.4 Å². The second kappa shape index (κ2) is 17.8. The molecule has 0 spiro atoms. The van der Waals surface area contributed by atoms with E-state index in [4.69, 9.17) is 15.2 Å². The molecule has 0 aliphatic carbocycles. The maximum atomic E-state index is 13.4. The smallest absolute Gasteiger partial charge is 0.252 e. The van der Waals surface area contributed by atoms with Gasteiger partial charge in [0.25, 0.3) is 5.91 Å². The highest BCUT2D eigenvalue weighted by atomic mass is 32.1. The number of aliphatic hydroxyl groups excluding tert-OH is 1. The van der Waals surface area contributed by atoms with Gasteiger partial charge in [-0.25, -0.2) is 4.98 Å². The number of hydrogen-bond acceptors (Lipinski definition) is 12. The summed E-state index contributed by atoms with van der Waals surface area (Å²) in [5.74, 6) is -0.782. The molecule has 0 fully saturated rings. The van der Waals surface area contributed by atoms with E-state index in [0.29, 0.717) is 54.8 Å². The van der Waals surface area contributed by atoms with Gasteiger partial charge in [-0.1, -0.05) is 19.1 Å². The monoisotopic (exact) mass is 685 g/mol. The normalized spacial score (nSPS) is 20.2. The lowest BCUT2D eigenvalue weighted by Crippen LogP contribution is -2.57. The largest absolute Gasteiger partial charge is 0.493 e. The summed E-state index contributed by atoms with van der Waals surface area (Å²) >= 11 is 1.46. The molecule has 0 saturated carbocycles. The summed E-state index contributed by atoms with van der Waals surface area (Å²) in [5.41, 5.74) is 6.72.